The predicted molar refractivity (Wildman–Crippen MR) is 91.0 cm³/mol. The highest BCUT2D eigenvalue weighted by Crippen LogP contribution is 2.26. The number of rotatable bonds is 9. The molecule has 5 nitrogen and oxygen atoms in total. The third-order valence-electron chi connectivity index (χ3n) is 3.06. The van der Waals surface area contributed by atoms with Gasteiger partial charge in [0, 0.05) is 31.3 Å². The third-order valence-corrected chi connectivity index (χ3v) is 5.20. The van der Waals surface area contributed by atoms with Crippen LogP contribution < -0.4 is 10.2 Å². The van der Waals surface area contributed by atoms with Gasteiger partial charge in [-0.05, 0) is 18.9 Å². The maximum Gasteiger partial charge on any atom is 0.185 e. The van der Waals surface area contributed by atoms with Crippen LogP contribution in [0.4, 0.5) is 5.13 Å². The minimum atomic E-state index is -2.94. The Morgan fingerprint density at radius 3 is 2.57 bits per heavy atom. The molecule has 0 fully saturated rings. The van der Waals surface area contributed by atoms with Crippen molar-refractivity contribution in [2.24, 2.45) is 5.92 Å². The van der Waals surface area contributed by atoms with Crippen molar-refractivity contribution in [2.45, 2.75) is 33.7 Å². The Balaban J connectivity index is 2.69. The van der Waals surface area contributed by atoms with Crippen LogP contribution in [0.2, 0.25) is 0 Å². The Bertz CT molecular complexity index is 538. The van der Waals surface area contributed by atoms with Gasteiger partial charge in [-0.2, -0.15) is 0 Å². The summed E-state index contributed by atoms with van der Waals surface area (Å²) in [5.74, 6) is 0.783. The molecular weight excluding hydrogens is 306 g/mol. The smallest absolute Gasteiger partial charge is 0.185 e. The van der Waals surface area contributed by atoms with E-state index in [1.165, 1.54) is 11.1 Å². The number of hydrogen-bond donors (Lipinski definition) is 1. The number of aromatic nitrogens is 1. The number of anilines is 1. The zero-order chi connectivity index (χ0) is 16.0. The molecule has 1 rings (SSSR count). The molecule has 0 aliphatic carbocycles. The summed E-state index contributed by atoms with van der Waals surface area (Å²) >= 11 is 1.65. The highest BCUT2D eigenvalue weighted by Gasteiger charge is 2.14. The lowest BCUT2D eigenvalue weighted by Gasteiger charge is -2.14. The fraction of sp³-hybridized carbons (Fsp3) is 0.786. The van der Waals surface area contributed by atoms with Gasteiger partial charge in [0.25, 0.3) is 0 Å². The number of nitrogens with zero attached hydrogens (tertiary/aromatic N) is 2. The summed E-state index contributed by atoms with van der Waals surface area (Å²) in [6.07, 6.45) is 2.16. The summed E-state index contributed by atoms with van der Waals surface area (Å²) in [4.78, 5) is 7.81. The molecule has 0 amide bonds. The molecule has 0 spiro atoms. The molecule has 0 saturated carbocycles. The van der Waals surface area contributed by atoms with E-state index in [9.17, 15) is 8.42 Å². The van der Waals surface area contributed by atoms with Crippen molar-refractivity contribution in [3.8, 4) is 0 Å². The minimum Gasteiger partial charge on any atom is -0.350 e. The number of nitrogens with one attached hydrogen (secondary N) is 1. The van der Waals surface area contributed by atoms with Gasteiger partial charge >= 0.3 is 0 Å². The van der Waals surface area contributed by atoms with Crippen LogP contribution in [0.5, 0.6) is 0 Å². The molecule has 7 heteroatoms. The first-order chi connectivity index (χ1) is 9.73. The van der Waals surface area contributed by atoms with E-state index < -0.39 is 9.84 Å². The number of hydrogen-bond acceptors (Lipinski definition) is 6. The SMILES string of the molecule is CCc1nc(N(C)CCS(C)(=O)=O)sc1CNCC(C)C. The monoisotopic (exact) mass is 333 g/mol. The van der Waals surface area contributed by atoms with E-state index in [4.69, 9.17) is 0 Å². The quantitative estimate of drug-likeness (QED) is 0.748. The summed E-state index contributed by atoms with van der Waals surface area (Å²) in [7, 11) is -1.04. The zero-order valence-electron chi connectivity index (χ0n) is 13.6. The average Bonchev–Trinajstić information content (AvgIpc) is 2.78. The van der Waals surface area contributed by atoms with Crippen molar-refractivity contribution in [3.63, 3.8) is 0 Å². The number of aryl methyl sites for hydroxylation is 1. The molecular formula is C14H27N3O2S2. The Morgan fingerprint density at radius 1 is 1.38 bits per heavy atom. The summed E-state index contributed by atoms with van der Waals surface area (Å²) in [5, 5.41) is 4.34. The van der Waals surface area contributed by atoms with Crippen LogP contribution >= 0.6 is 11.3 Å². The van der Waals surface area contributed by atoms with E-state index in [-0.39, 0.29) is 5.75 Å². The van der Waals surface area contributed by atoms with Gasteiger partial charge in [-0.25, -0.2) is 13.4 Å². The van der Waals surface area contributed by atoms with Gasteiger partial charge in [-0.3, -0.25) is 0 Å². The molecule has 0 aliphatic rings. The van der Waals surface area contributed by atoms with E-state index in [0.717, 1.165) is 30.3 Å². The average molecular weight is 334 g/mol. The fourth-order valence-electron chi connectivity index (χ4n) is 1.82. The summed E-state index contributed by atoms with van der Waals surface area (Å²) < 4.78 is 22.5. The molecule has 21 heavy (non-hydrogen) atoms. The van der Waals surface area contributed by atoms with Crippen molar-refractivity contribution in [2.75, 3.05) is 37.0 Å². The molecule has 0 aromatic carbocycles. The van der Waals surface area contributed by atoms with Gasteiger partial charge in [0.15, 0.2) is 5.13 Å². The highest BCUT2D eigenvalue weighted by molar-refractivity contribution is 7.90. The van der Waals surface area contributed by atoms with E-state index in [1.807, 2.05) is 11.9 Å². The first-order valence-electron chi connectivity index (χ1n) is 7.31. The van der Waals surface area contributed by atoms with Crippen LogP contribution in [0.15, 0.2) is 0 Å². The second-order valence-electron chi connectivity index (χ2n) is 5.80. The molecule has 1 N–H and O–H groups in total. The molecule has 1 aromatic heterocycles. The molecule has 0 bridgehead atoms. The van der Waals surface area contributed by atoms with Gasteiger partial charge in [-0.1, -0.05) is 20.8 Å². The topological polar surface area (TPSA) is 62.3 Å². The molecule has 0 saturated heterocycles. The predicted octanol–water partition coefficient (Wildman–Crippen LogP) is 1.93. The molecule has 0 radical (unpaired) electrons. The first kappa shape index (κ1) is 18.4. The van der Waals surface area contributed by atoms with E-state index in [2.05, 4.69) is 31.1 Å². The second-order valence-corrected chi connectivity index (χ2v) is 9.12. The van der Waals surface area contributed by atoms with Crippen molar-refractivity contribution in [3.05, 3.63) is 10.6 Å². The summed E-state index contributed by atoms with van der Waals surface area (Å²) in [6, 6.07) is 0. The van der Waals surface area contributed by atoms with Crippen molar-refractivity contribution in [1.82, 2.24) is 10.3 Å². The second kappa shape index (κ2) is 8.10. The van der Waals surface area contributed by atoms with Gasteiger partial charge in [0.2, 0.25) is 0 Å². The molecule has 122 valence electrons. The Morgan fingerprint density at radius 2 is 2.05 bits per heavy atom. The maximum atomic E-state index is 11.2. The first-order valence-corrected chi connectivity index (χ1v) is 10.2. The maximum absolute atomic E-state index is 11.2. The Labute approximate surface area is 132 Å². The lowest BCUT2D eigenvalue weighted by Crippen LogP contribution is -2.24. The van der Waals surface area contributed by atoms with Crippen molar-refractivity contribution in [1.29, 1.82) is 0 Å². The van der Waals surface area contributed by atoms with Crippen LogP contribution in [0, 0.1) is 5.92 Å². The molecule has 0 atom stereocenters. The van der Waals surface area contributed by atoms with E-state index in [1.54, 1.807) is 11.3 Å². The molecule has 0 unspecified atom stereocenters. The molecule has 1 heterocycles. The number of thiazole rings is 1. The fourth-order valence-corrected chi connectivity index (χ4v) is 3.53. The van der Waals surface area contributed by atoms with Gasteiger partial charge in [-0.15, -0.1) is 11.3 Å². The van der Waals surface area contributed by atoms with E-state index in [0.29, 0.717) is 12.5 Å². The lowest BCUT2D eigenvalue weighted by atomic mass is 10.2. The van der Waals surface area contributed by atoms with Crippen LogP contribution in [-0.4, -0.2) is 45.5 Å². The Hall–Kier alpha value is -0.660. The van der Waals surface area contributed by atoms with Crippen LogP contribution in [0.1, 0.15) is 31.3 Å². The van der Waals surface area contributed by atoms with Crippen LogP contribution in [-0.2, 0) is 22.8 Å². The summed E-state index contributed by atoms with van der Waals surface area (Å²) in [6.45, 7) is 8.77. The lowest BCUT2D eigenvalue weighted by molar-refractivity contribution is 0.553. The molecule has 0 aliphatic heterocycles. The van der Waals surface area contributed by atoms with Gasteiger partial charge in [0.1, 0.15) is 9.84 Å². The van der Waals surface area contributed by atoms with Gasteiger partial charge < -0.3 is 10.2 Å². The third kappa shape index (κ3) is 6.76. The molecule has 1 aromatic rings. The van der Waals surface area contributed by atoms with E-state index >= 15 is 0 Å². The Kier molecular flexibility index (Phi) is 7.09. The normalized spacial score (nSPS) is 12.1. The van der Waals surface area contributed by atoms with Crippen LogP contribution in [0.25, 0.3) is 0 Å². The largest absolute Gasteiger partial charge is 0.350 e. The van der Waals surface area contributed by atoms with Crippen molar-refractivity contribution >= 4 is 26.3 Å². The highest BCUT2D eigenvalue weighted by atomic mass is 32.2. The van der Waals surface area contributed by atoms with Gasteiger partial charge in [0.05, 0.1) is 11.4 Å². The number of sulfone groups is 1. The van der Waals surface area contributed by atoms with Crippen LogP contribution in [0.3, 0.4) is 0 Å². The zero-order valence-corrected chi connectivity index (χ0v) is 15.3. The van der Waals surface area contributed by atoms with Crippen molar-refractivity contribution < 1.29 is 8.42 Å². The summed E-state index contributed by atoms with van der Waals surface area (Å²) in [5.41, 5.74) is 1.11. The standard InChI is InChI=1S/C14H27N3O2S2/c1-6-12-13(10-15-9-11(2)3)20-14(16-12)17(4)7-8-21(5,18)19/h11,15H,6-10H2,1-5H3. The minimum absolute atomic E-state index is 0.158.